The van der Waals surface area contributed by atoms with Gasteiger partial charge in [0.05, 0.1) is 0 Å². The Morgan fingerprint density at radius 3 is 2.43 bits per heavy atom. The third kappa shape index (κ3) is 4.41. The van der Waals surface area contributed by atoms with Crippen LogP contribution in [0.25, 0.3) is 16.9 Å². The van der Waals surface area contributed by atoms with Gasteiger partial charge in [-0.1, -0.05) is 52.3 Å². The third-order valence-corrected chi connectivity index (χ3v) is 5.11. The minimum absolute atomic E-state index is 0.149. The monoisotopic (exact) mass is 462 g/mol. The van der Waals surface area contributed by atoms with Crippen LogP contribution in [0.5, 0.6) is 0 Å². The summed E-state index contributed by atoms with van der Waals surface area (Å²) in [6.45, 7) is 0.234. The van der Waals surface area contributed by atoms with Gasteiger partial charge in [-0.3, -0.25) is 14.0 Å². The summed E-state index contributed by atoms with van der Waals surface area (Å²) in [5.74, 6) is 0.199. The van der Waals surface area contributed by atoms with Gasteiger partial charge in [0.1, 0.15) is 17.2 Å². The fourth-order valence-electron chi connectivity index (χ4n) is 3.10. The van der Waals surface area contributed by atoms with E-state index < -0.39 is 0 Å². The van der Waals surface area contributed by atoms with Crippen LogP contribution in [0, 0.1) is 0 Å². The zero-order chi connectivity index (χ0) is 20.9. The molecule has 2 amide bonds. The Hall–Kier alpha value is -3.45. The third-order valence-electron chi connectivity index (χ3n) is 4.58. The Kier molecular flexibility index (Phi) is 5.90. The lowest BCUT2D eigenvalue weighted by Gasteiger charge is -2.09. The average Bonchev–Trinajstić information content (AvgIpc) is 3.13. The molecule has 4 rings (SSSR count). The maximum atomic E-state index is 12.6. The van der Waals surface area contributed by atoms with Gasteiger partial charge in [-0.25, -0.2) is 4.98 Å². The van der Waals surface area contributed by atoms with Crippen molar-refractivity contribution in [3.8, 4) is 11.3 Å². The lowest BCUT2D eigenvalue weighted by Crippen LogP contribution is -2.27. The summed E-state index contributed by atoms with van der Waals surface area (Å²) in [4.78, 5) is 29.5. The van der Waals surface area contributed by atoms with Crippen LogP contribution < -0.4 is 10.6 Å². The van der Waals surface area contributed by atoms with Gasteiger partial charge >= 0.3 is 0 Å². The molecule has 0 atom stereocenters. The highest BCUT2D eigenvalue weighted by molar-refractivity contribution is 9.10. The van der Waals surface area contributed by atoms with Crippen molar-refractivity contribution >= 4 is 39.2 Å². The summed E-state index contributed by atoms with van der Waals surface area (Å²) < 4.78 is 2.75. The molecular formula is C23H19BrN4O2. The number of hydrogen-bond acceptors (Lipinski definition) is 3. The molecule has 0 bridgehead atoms. The number of nitrogens with zero attached hydrogens (tertiary/aromatic N) is 2. The fourth-order valence-corrected chi connectivity index (χ4v) is 3.36. The standard InChI is InChI=1S/C23H19BrN4O2/c24-18-11-9-17(10-12-18)23(30)25-14-13-20(29)27-22-21(16-6-2-1-3-7-16)26-19-8-4-5-15-28(19)22/h1-12,15H,13-14H2,(H,25,30)(H,27,29). The van der Waals surface area contributed by atoms with E-state index in [4.69, 9.17) is 0 Å². The smallest absolute Gasteiger partial charge is 0.251 e. The molecule has 2 N–H and O–H groups in total. The molecule has 2 heterocycles. The second-order valence-corrected chi connectivity index (χ2v) is 7.58. The molecule has 30 heavy (non-hydrogen) atoms. The first-order valence-corrected chi connectivity index (χ1v) is 10.3. The highest BCUT2D eigenvalue weighted by Crippen LogP contribution is 2.28. The summed E-state index contributed by atoms with van der Waals surface area (Å²) in [6.07, 6.45) is 2.01. The quantitative estimate of drug-likeness (QED) is 0.442. The van der Waals surface area contributed by atoms with Crippen molar-refractivity contribution in [3.63, 3.8) is 0 Å². The first-order valence-electron chi connectivity index (χ1n) is 9.48. The molecule has 0 radical (unpaired) electrons. The number of carbonyl (C=O) groups excluding carboxylic acids is 2. The highest BCUT2D eigenvalue weighted by atomic mass is 79.9. The fraction of sp³-hybridized carbons (Fsp3) is 0.0870. The predicted octanol–water partition coefficient (Wildman–Crippen LogP) is 4.52. The van der Waals surface area contributed by atoms with E-state index in [2.05, 4.69) is 31.5 Å². The first-order chi connectivity index (χ1) is 14.6. The molecule has 6 nitrogen and oxygen atoms in total. The van der Waals surface area contributed by atoms with Gasteiger partial charge in [-0.05, 0) is 36.4 Å². The Bertz CT molecular complexity index is 1190. The zero-order valence-electron chi connectivity index (χ0n) is 16.0. The van der Waals surface area contributed by atoms with Gasteiger partial charge in [-0.2, -0.15) is 0 Å². The average molecular weight is 463 g/mol. The van der Waals surface area contributed by atoms with Crippen molar-refractivity contribution in [2.75, 3.05) is 11.9 Å². The van der Waals surface area contributed by atoms with Gasteiger partial charge < -0.3 is 10.6 Å². The first kappa shape index (κ1) is 19.8. The molecule has 0 saturated carbocycles. The van der Waals surface area contributed by atoms with Crippen molar-refractivity contribution in [1.82, 2.24) is 14.7 Å². The number of aromatic nitrogens is 2. The molecule has 4 aromatic rings. The lowest BCUT2D eigenvalue weighted by atomic mass is 10.1. The Morgan fingerprint density at radius 2 is 1.67 bits per heavy atom. The summed E-state index contributed by atoms with van der Waals surface area (Å²) >= 11 is 3.34. The molecule has 0 unspecified atom stereocenters. The number of nitrogens with one attached hydrogen (secondary N) is 2. The van der Waals surface area contributed by atoms with E-state index in [1.54, 1.807) is 24.3 Å². The van der Waals surface area contributed by atoms with Gasteiger partial charge in [0.15, 0.2) is 0 Å². The minimum Gasteiger partial charge on any atom is -0.352 e. The maximum absolute atomic E-state index is 12.6. The number of imidazole rings is 1. The maximum Gasteiger partial charge on any atom is 0.251 e. The molecular weight excluding hydrogens is 444 g/mol. The van der Waals surface area contributed by atoms with E-state index in [1.165, 1.54) is 0 Å². The van der Waals surface area contributed by atoms with Crippen molar-refractivity contribution in [2.45, 2.75) is 6.42 Å². The SMILES string of the molecule is O=C(CCNC(=O)c1ccc(Br)cc1)Nc1c(-c2ccccc2)nc2ccccn12. The largest absolute Gasteiger partial charge is 0.352 e. The topological polar surface area (TPSA) is 75.5 Å². The number of rotatable bonds is 6. The minimum atomic E-state index is -0.213. The number of carbonyl (C=O) groups is 2. The van der Waals surface area contributed by atoms with Crippen LogP contribution in [0.4, 0.5) is 5.82 Å². The number of hydrogen-bond donors (Lipinski definition) is 2. The molecule has 2 aromatic carbocycles. The highest BCUT2D eigenvalue weighted by Gasteiger charge is 2.16. The number of halogens is 1. The number of benzene rings is 2. The van der Waals surface area contributed by atoms with E-state index >= 15 is 0 Å². The normalized spacial score (nSPS) is 10.7. The van der Waals surface area contributed by atoms with E-state index in [-0.39, 0.29) is 24.8 Å². The van der Waals surface area contributed by atoms with Crippen LogP contribution in [-0.2, 0) is 4.79 Å². The summed E-state index contributed by atoms with van der Waals surface area (Å²) in [7, 11) is 0. The van der Waals surface area contributed by atoms with Crippen LogP contribution in [-0.4, -0.2) is 27.7 Å². The van der Waals surface area contributed by atoms with E-state index in [0.29, 0.717) is 17.1 Å². The Morgan fingerprint density at radius 1 is 0.933 bits per heavy atom. The number of anilines is 1. The van der Waals surface area contributed by atoms with Crippen molar-refractivity contribution < 1.29 is 9.59 Å². The summed E-state index contributed by atoms with van der Waals surface area (Å²) in [5, 5.41) is 5.73. The van der Waals surface area contributed by atoms with Crippen LogP contribution >= 0.6 is 15.9 Å². The Balaban J connectivity index is 1.45. The van der Waals surface area contributed by atoms with E-state index in [9.17, 15) is 9.59 Å². The van der Waals surface area contributed by atoms with Gasteiger partial charge in [0.25, 0.3) is 5.91 Å². The lowest BCUT2D eigenvalue weighted by molar-refractivity contribution is -0.116. The number of pyridine rings is 1. The molecule has 7 heteroatoms. The molecule has 0 aliphatic heterocycles. The van der Waals surface area contributed by atoms with E-state index in [0.717, 1.165) is 15.7 Å². The Labute approximate surface area is 182 Å². The number of amides is 2. The summed E-state index contributed by atoms with van der Waals surface area (Å²) in [6, 6.07) is 22.4. The second-order valence-electron chi connectivity index (χ2n) is 6.66. The molecule has 2 aromatic heterocycles. The predicted molar refractivity (Wildman–Crippen MR) is 120 cm³/mol. The van der Waals surface area contributed by atoms with Crippen LogP contribution in [0.15, 0.2) is 83.5 Å². The van der Waals surface area contributed by atoms with Gasteiger partial charge in [0.2, 0.25) is 5.91 Å². The molecule has 0 aliphatic carbocycles. The van der Waals surface area contributed by atoms with Gasteiger partial charge in [-0.15, -0.1) is 0 Å². The molecule has 0 fully saturated rings. The molecule has 0 aliphatic rings. The number of fused-ring (bicyclic) bond motifs is 1. The van der Waals surface area contributed by atoms with Crippen molar-refractivity contribution in [3.05, 3.63) is 89.0 Å². The van der Waals surface area contributed by atoms with Gasteiger partial charge in [0, 0.05) is 34.8 Å². The van der Waals surface area contributed by atoms with E-state index in [1.807, 2.05) is 59.1 Å². The van der Waals surface area contributed by atoms with Crippen LogP contribution in [0.3, 0.4) is 0 Å². The molecule has 0 spiro atoms. The molecule has 0 saturated heterocycles. The van der Waals surface area contributed by atoms with Crippen molar-refractivity contribution in [1.29, 1.82) is 0 Å². The van der Waals surface area contributed by atoms with Crippen LogP contribution in [0.1, 0.15) is 16.8 Å². The van der Waals surface area contributed by atoms with Crippen molar-refractivity contribution in [2.24, 2.45) is 0 Å². The second kappa shape index (κ2) is 8.92. The summed E-state index contributed by atoms with van der Waals surface area (Å²) in [5.41, 5.74) is 2.91. The van der Waals surface area contributed by atoms with Crippen LogP contribution in [0.2, 0.25) is 0 Å². The molecule has 150 valence electrons. The zero-order valence-corrected chi connectivity index (χ0v) is 17.6.